The van der Waals surface area contributed by atoms with E-state index in [1.807, 2.05) is 42.0 Å². The zero-order chi connectivity index (χ0) is 11.5. The van der Waals surface area contributed by atoms with Gasteiger partial charge >= 0.3 is 5.97 Å². The third-order valence-corrected chi connectivity index (χ3v) is 3.06. The lowest BCUT2D eigenvalue weighted by Gasteiger charge is -2.05. The summed E-state index contributed by atoms with van der Waals surface area (Å²) in [5, 5.41) is 1.10. The molecule has 0 bridgehead atoms. The van der Waals surface area contributed by atoms with Gasteiger partial charge in [-0.25, -0.2) is 0 Å². The highest BCUT2D eigenvalue weighted by Gasteiger charge is 2.07. The molecular weight excluding hydrogens is 270 g/mol. The first-order chi connectivity index (χ1) is 7.72. The summed E-state index contributed by atoms with van der Waals surface area (Å²) >= 11 is 3.48. The number of rotatable bonds is 3. The number of aromatic nitrogens is 1. The fraction of sp³-hybridized carbons (Fsp3) is 0.250. The van der Waals surface area contributed by atoms with Crippen molar-refractivity contribution in [2.75, 3.05) is 6.61 Å². The van der Waals surface area contributed by atoms with Crippen molar-refractivity contribution in [2.24, 2.45) is 0 Å². The van der Waals surface area contributed by atoms with E-state index in [0.29, 0.717) is 6.61 Å². The average molecular weight is 282 g/mol. The summed E-state index contributed by atoms with van der Waals surface area (Å²) in [7, 11) is 0. The van der Waals surface area contributed by atoms with Gasteiger partial charge < -0.3 is 9.30 Å². The van der Waals surface area contributed by atoms with Crippen LogP contribution in [0.4, 0.5) is 0 Å². The number of ether oxygens (including phenoxy) is 1. The van der Waals surface area contributed by atoms with Crippen LogP contribution in [0.1, 0.15) is 6.92 Å². The molecule has 1 heterocycles. The SMILES string of the molecule is CCOC(=O)Cn1ccc2c(Br)cccc21. The van der Waals surface area contributed by atoms with Gasteiger partial charge in [-0.2, -0.15) is 0 Å². The van der Waals surface area contributed by atoms with Gasteiger partial charge in [0, 0.05) is 21.6 Å². The first kappa shape index (κ1) is 11.2. The molecule has 0 amide bonds. The van der Waals surface area contributed by atoms with E-state index >= 15 is 0 Å². The summed E-state index contributed by atoms with van der Waals surface area (Å²) in [5.74, 6) is -0.208. The third kappa shape index (κ3) is 2.11. The Labute approximate surface area is 102 Å². The highest BCUT2D eigenvalue weighted by molar-refractivity contribution is 9.10. The lowest BCUT2D eigenvalue weighted by Crippen LogP contribution is -2.12. The first-order valence-electron chi connectivity index (χ1n) is 5.11. The topological polar surface area (TPSA) is 31.2 Å². The number of nitrogens with zero attached hydrogens (tertiary/aromatic N) is 1. The molecule has 0 saturated carbocycles. The minimum absolute atomic E-state index is 0.208. The second-order valence-electron chi connectivity index (χ2n) is 3.42. The van der Waals surface area contributed by atoms with Gasteiger partial charge in [-0.15, -0.1) is 0 Å². The molecule has 1 aromatic heterocycles. The second kappa shape index (κ2) is 4.70. The molecule has 0 aliphatic carbocycles. The lowest BCUT2D eigenvalue weighted by molar-refractivity contribution is -0.143. The van der Waals surface area contributed by atoms with Gasteiger partial charge in [-0.3, -0.25) is 4.79 Å². The highest BCUT2D eigenvalue weighted by Crippen LogP contribution is 2.24. The number of halogens is 1. The Balaban J connectivity index is 2.32. The molecule has 3 nitrogen and oxygen atoms in total. The molecule has 0 fully saturated rings. The van der Waals surface area contributed by atoms with Crippen molar-refractivity contribution in [1.82, 2.24) is 4.57 Å². The van der Waals surface area contributed by atoms with Gasteiger partial charge in [-0.1, -0.05) is 22.0 Å². The minimum Gasteiger partial charge on any atom is -0.465 e. The number of hydrogen-bond donors (Lipinski definition) is 0. The van der Waals surface area contributed by atoms with E-state index in [9.17, 15) is 4.79 Å². The largest absolute Gasteiger partial charge is 0.465 e. The summed E-state index contributed by atoms with van der Waals surface area (Å²) < 4.78 is 7.84. The molecule has 0 aliphatic heterocycles. The zero-order valence-electron chi connectivity index (χ0n) is 8.94. The van der Waals surface area contributed by atoms with Crippen LogP contribution in [-0.4, -0.2) is 17.1 Å². The van der Waals surface area contributed by atoms with Crippen molar-refractivity contribution in [2.45, 2.75) is 13.5 Å². The Morgan fingerprint density at radius 3 is 3.00 bits per heavy atom. The fourth-order valence-electron chi connectivity index (χ4n) is 1.67. The van der Waals surface area contributed by atoms with Gasteiger partial charge in [0.15, 0.2) is 0 Å². The van der Waals surface area contributed by atoms with Crippen LogP contribution in [0.25, 0.3) is 10.9 Å². The van der Waals surface area contributed by atoms with Crippen molar-refractivity contribution >= 4 is 32.8 Å². The molecule has 16 heavy (non-hydrogen) atoms. The van der Waals surface area contributed by atoms with Crippen LogP contribution in [-0.2, 0) is 16.1 Å². The highest BCUT2D eigenvalue weighted by atomic mass is 79.9. The van der Waals surface area contributed by atoms with Crippen LogP contribution in [0, 0.1) is 0 Å². The molecular formula is C12H12BrNO2. The van der Waals surface area contributed by atoms with E-state index in [0.717, 1.165) is 15.4 Å². The van der Waals surface area contributed by atoms with Gasteiger partial charge in [-0.05, 0) is 25.1 Å². The molecule has 0 spiro atoms. The molecule has 1 aromatic carbocycles. The van der Waals surface area contributed by atoms with Crippen molar-refractivity contribution in [3.8, 4) is 0 Å². The Kier molecular flexibility index (Phi) is 3.29. The third-order valence-electron chi connectivity index (χ3n) is 2.37. The molecule has 84 valence electrons. The van der Waals surface area contributed by atoms with Crippen molar-refractivity contribution in [3.05, 3.63) is 34.9 Å². The molecule has 2 aromatic rings. The number of carbonyl (C=O) groups excluding carboxylic acids is 1. The predicted molar refractivity (Wildman–Crippen MR) is 66.3 cm³/mol. The first-order valence-corrected chi connectivity index (χ1v) is 5.90. The van der Waals surface area contributed by atoms with Crippen molar-refractivity contribution < 1.29 is 9.53 Å². The normalized spacial score (nSPS) is 10.6. The maximum absolute atomic E-state index is 11.4. The van der Waals surface area contributed by atoms with E-state index < -0.39 is 0 Å². The zero-order valence-corrected chi connectivity index (χ0v) is 10.5. The Morgan fingerprint density at radius 2 is 2.25 bits per heavy atom. The molecule has 2 rings (SSSR count). The molecule has 4 heteroatoms. The number of fused-ring (bicyclic) bond motifs is 1. The summed E-state index contributed by atoms with van der Waals surface area (Å²) in [6.45, 7) is 2.48. The number of benzene rings is 1. The summed E-state index contributed by atoms with van der Waals surface area (Å²) in [6.07, 6.45) is 1.90. The minimum atomic E-state index is -0.208. The maximum atomic E-state index is 11.4. The molecule has 0 atom stereocenters. The number of carbonyl (C=O) groups is 1. The fourth-order valence-corrected chi connectivity index (χ4v) is 2.16. The Morgan fingerprint density at radius 1 is 1.44 bits per heavy atom. The van der Waals surface area contributed by atoms with E-state index in [-0.39, 0.29) is 12.5 Å². The standard InChI is InChI=1S/C12H12BrNO2/c1-2-16-12(15)8-14-7-6-9-10(13)4-3-5-11(9)14/h3-7H,2,8H2,1H3. The van der Waals surface area contributed by atoms with E-state index in [1.165, 1.54) is 0 Å². The molecule has 0 N–H and O–H groups in total. The van der Waals surface area contributed by atoms with E-state index in [4.69, 9.17) is 4.74 Å². The Bertz CT molecular complexity index is 519. The summed E-state index contributed by atoms with van der Waals surface area (Å²) in [6, 6.07) is 7.91. The van der Waals surface area contributed by atoms with Crippen LogP contribution in [0.2, 0.25) is 0 Å². The van der Waals surface area contributed by atoms with Gasteiger partial charge in [0.05, 0.1) is 6.61 Å². The van der Waals surface area contributed by atoms with Crippen LogP contribution >= 0.6 is 15.9 Å². The van der Waals surface area contributed by atoms with Gasteiger partial charge in [0.1, 0.15) is 6.54 Å². The van der Waals surface area contributed by atoms with Crippen molar-refractivity contribution in [3.63, 3.8) is 0 Å². The van der Waals surface area contributed by atoms with E-state index in [2.05, 4.69) is 15.9 Å². The van der Waals surface area contributed by atoms with Crippen LogP contribution in [0.3, 0.4) is 0 Å². The quantitative estimate of drug-likeness (QED) is 0.810. The summed E-state index contributed by atoms with van der Waals surface area (Å²) in [5.41, 5.74) is 1.03. The van der Waals surface area contributed by atoms with Gasteiger partial charge in [0.25, 0.3) is 0 Å². The molecule has 0 saturated heterocycles. The Hall–Kier alpha value is -1.29. The van der Waals surface area contributed by atoms with E-state index in [1.54, 1.807) is 0 Å². The lowest BCUT2D eigenvalue weighted by atomic mass is 10.2. The smallest absolute Gasteiger partial charge is 0.325 e. The van der Waals surface area contributed by atoms with Crippen LogP contribution in [0.5, 0.6) is 0 Å². The summed E-state index contributed by atoms with van der Waals surface area (Å²) in [4.78, 5) is 11.4. The molecule has 0 unspecified atom stereocenters. The molecule has 0 radical (unpaired) electrons. The number of esters is 1. The van der Waals surface area contributed by atoms with Crippen molar-refractivity contribution in [1.29, 1.82) is 0 Å². The maximum Gasteiger partial charge on any atom is 0.325 e. The van der Waals surface area contributed by atoms with Crippen LogP contribution in [0.15, 0.2) is 34.9 Å². The molecule has 0 aliphatic rings. The second-order valence-corrected chi connectivity index (χ2v) is 4.28. The predicted octanol–water partition coefficient (Wildman–Crippen LogP) is 2.97. The van der Waals surface area contributed by atoms with Gasteiger partial charge in [0.2, 0.25) is 0 Å². The van der Waals surface area contributed by atoms with Crippen LogP contribution < -0.4 is 0 Å². The monoisotopic (exact) mass is 281 g/mol. The number of hydrogen-bond acceptors (Lipinski definition) is 2. The average Bonchev–Trinajstić information content (AvgIpc) is 2.64.